The molecule has 1 aromatic heterocycles. The van der Waals surface area contributed by atoms with E-state index in [9.17, 15) is 18.8 Å². The van der Waals surface area contributed by atoms with Crippen LogP contribution in [0.15, 0.2) is 29.4 Å². The molecule has 1 fully saturated rings. The van der Waals surface area contributed by atoms with Crippen molar-refractivity contribution < 1.29 is 33.1 Å². The highest BCUT2D eigenvalue weighted by atomic mass is 19.1. The Kier molecular flexibility index (Phi) is 9.28. The maximum absolute atomic E-state index is 13.7. The number of halogens is 1. The summed E-state index contributed by atoms with van der Waals surface area (Å²) < 4.78 is 23.6. The van der Waals surface area contributed by atoms with Gasteiger partial charge in [-0.2, -0.15) is 0 Å². The van der Waals surface area contributed by atoms with Gasteiger partial charge in [0.25, 0.3) is 11.8 Å². The van der Waals surface area contributed by atoms with Crippen LogP contribution >= 0.6 is 0 Å². The van der Waals surface area contributed by atoms with Crippen molar-refractivity contribution in [2.45, 2.75) is 77.7 Å². The van der Waals surface area contributed by atoms with E-state index in [1.807, 2.05) is 0 Å². The number of hydrogen-bond donors (Lipinski definition) is 2. The van der Waals surface area contributed by atoms with Crippen LogP contribution in [-0.2, 0) is 25.7 Å². The van der Waals surface area contributed by atoms with Gasteiger partial charge in [-0.15, -0.1) is 0 Å². The van der Waals surface area contributed by atoms with Gasteiger partial charge in [0.05, 0.1) is 12.8 Å². The number of amides is 2. The molecule has 12 heteroatoms. The SMILES string of the molecule is COc1cc(CNC(=O)c2cc(C3=NOC([C@H]4CC[C@H](NC(=O)[C@H](C)OC(C)=O)CC4)C3)nc(C)n2)ccc1F. The van der Waals surface area contributed by atoms with E-state index < -0.39 is 23.8 Å². The lowest BCUT2D eigenvalue weighted by Gasteiger charge is -2.31. The molecular weight excluding hydrogens is 521 g/mol. The molecule has 4 rings (SSSR count). The molecule has 2 heterocycles. The number of carbonyl (C=O) groups is 3. The zero-order valence-electron chi connectivity index (χ0n) is 23.0. The van der Waals surface area contributed by atoms with E-state index in [0.29, 0.717) is 29.2 Å². The first-order valence-corrected chi connectivity index (χ1v) is 13.3. The van der Waals surface area contributed by atoms with Crippen LogP contribution < -0.4 is 15.4 Å². The third-order valence-electron chi connectivity index (χ3n) is 7.08. The lowest BCUT2D eigenvalue weighted by atomic mass is 9.81. The summed E-state index contributed by atoms with van der Waals surface area (Å²) in [4.78, 5) is 50.7. The average Bonchev–Trinajstić information content (AvgIpc) is 3.42. The molecule has 2 amide bonds. The molecule has 0 bridgehead atoms. The van der Waals surface area contributed by atoms with E-state index in [-0.39, 0.29) is 42.0 Å². The number of benzene rings is 1. The van der Waals surface area contributed by atoms with Crippen LogP contribution in [0.3, 0.4) is 0 Å². The van der Waals surface area contributed by atoms with Gasteiger partial charge in [0.2, 0.25) is 0 Å². The van der Waals surface area contributed by atoms with Gasteiger partial charge in [0.1, 0.15) is 23.3 Å². The fraction of sp³-hybridized carbons (Fsp3) is 0.500. The van der Waals surface area contributed by atoms with E-state index in [2.05, 4.69) is 25.8 Å². The summed E-state index contributed by atoms with van der Waals surface area (Å²) >= 11 is 0. The van der Waals surface area contributed by atoms with Crippen molar-refractivity contribution in [1.82, 2.24) is 20.6 Å². The Morgan fingerprint density at radius 2 is 1.90 bits per heavy atom. The molecular formula is C28H34FN5O6. The molecule has 1 saturated carbocycles. The summed E-state index contributed by atoms with van der Waals surface area (Å²) in [6, 6.07) is 6.00. The van der Waals surface area contributed by atoms with Crippen LogP contribution in [0.25, 0.3) is 0 Å². The predicted molar refractivity (Wildman–Crippen MR) is 142 cm³/mol. The van der Waals surface area contributed by atoms with Crippen molar-refractivity contribution in [3.63, 3.8) is 0 Å². The van der Waals surface area contributed by atoms with Gasteiger partial charge in [-0.3, -0.25) is 14.4 Å². The molecule has 2 N–H and O–H groups in total. The lowest BCUT2D eigenvalue weighted by Crippen LogP contribution is -2.44. The molecule has 11 nitrogen and oxygen atoms in total. The largest absolute Gasteiger partial charge is 0.494 e. The van der Waals surface area contributed by atoms with E-state index in [1.54, 1.807) is 26.0 Å². The molecule has 0 saturated heterocycles. The third kappa shape index (κ3) is 7.30. The van der Waals surface area contributed by atoms with Crippen molar-refractivity contribution in [2.24, 2.45) is 11.1 Å². The minimum Gasteiger partial charge on any atom is -0.494 e. The third-order valence-corrected chi connectivity index (χ3v) is 7.08. The van der Waals surface area contributed by atoms with Crippen molar-refractivity contribution in [3.05, 3.63) is 52.9 Å². The number of aryl methyl sites for hydroxylation is 1. The topological polar surface area (TPSA) is 141 Å². The maximum atomic E-state index is 13.7. The minimum atomic E-state index is -0.820. The van der Waals surface area contributed by atoms with Crippen LogP contribution in [0.5, 0.6) is 5.75 Å². The molecule has 1 aliphatic carbocycles. The van der Waals surface area contributed by atoms with Crippen LogP contribution in [0.1, 0.15) is 73.5 Å². The fourth-order valence-corrected chi connectivity index (χ4v) is 4.98. The Hall–Kier alpha value is -4.09. The van der Waals surface area contributed by atoms with E-state index in [4.69, 9.17) is 14.3 Å². The molecule has 2 aromatic rings. The van der Waals surface area contributed by atoms with E-state index in [0.717, 1.165) is 25.7 Å². The Balaban J connectivity index is 1.30. The van der Waals surface area contributed by atoms with Crippen molar-refractivity contribution >= 4 is 23.5 Å². The quantitative estimate of drug-likeness (QED) is 0.450. The number of carbonyl (C=O) groups excluding carboxylic acids is 3. The van der Waals surface area contributed by atoms with Gasteiger partial charge in [0.15, 0.2) is 17.7 Å². The first-order valence-electron chi connectivity index (χ1n) is 13.3. The summed E-state index contributed by atoms with van der Waals surface area (Å²) in [6.07, 6.45) is 2.89. The number of nitrogens with one attached hydrogen (secondary N) is 2. The monoisotopic (exact) mass is 555 g/mol. The smallest absolute Gasteiger partial charge is 0.303 e. The van der Waals surface area contributed by atoms with Gasteiger partial charge in [-0.25, -0.2) is 14.4 Å². The normalized spacial score (nSPS) is 21.0. The zero-order chi connectivity index (χ0) is 28.8. The molecule has 40 heavy (non-hydrogen) atoms. The first kappa shape index (κ1) is 28.9. The number of ether oxygens (including phenoxy) is 2. The highest BCUT2D eigenvalue weighted by Gasteiger charge is 2.35. The standard InChI is InChI=1S/C28H34FN5O6/c1-15(39-17(3)35)27(36)33-20-8-6-19(7-9-20)25-13-23(34-40-25)22-12-24(32-16(2)31-22)28(37)30-14-18-5-10-21(29)26(11-18)38-4/h5,10-12,15,19-20,25H,6-9,13-14H2,1-4H3,(H,30,37)(H,33,36)/t15-,19-,20-,25?/m0/s1. The number of aromatic nitrogens is 2. The van der Waals surface area contributed by atoms with Crippen LogP contribution in [0.2, 0.25) is 0 Å². The minimum absolute atomic E-state index is 0.0186. The Bertz CT molecular complexity index is 1290. The Labute approximate surface area is 231 Å². The van der Waals surface area contributed by atoms with E-state index >= 15 is 0 Å². The second kappa shape index (κ2) is 12.8. The second-order valence-corrected chi connectivity index (χ2v) is 10.1. The average molecular weight is 556 g/mol. The van der Waals surface area contributed by atoms with Crippen molar-refractivity contribution in [2.75, 3.05) is 7.11 Å². The van der Waals surface area contributed by atoms with Crippen LogP contribution in [0.4, 0.5) is 4.39 Å². The van der Waals surface area contributed by atoms with Crippen molar-refractivity contribution in [1.29, 1.82) is 0 Å². The summed E-state index contributed by atoms with van der Waals surface area (Å²) in [5.41, 5.74) is 2.06. The maximum Gasteiger partial charge on any atom is 0.303 e. The predicted octanol–water partition coefficient (Wildman–Crippen LogP) is 2.98. The number of esters is 1. The number of rotatable bonds is 9. The van der Waals surface area contributed by atoms with Gasteiger partial charge >= 0.3 is 5.97 Å². The number of oxime groups is 1. The number of methoxy groups -OCH3 is 1. The molecule has 1 aromatic carbocycles. The van der Waals surface area contributed by atoms with Gasteiger partial charge < -0.3 is 24.9 Å². The molecule has 2 aliphatic rings. The summed E-state index contributed by atoms with van der Waals surface area (Å²) in [5, 5.41) is 10.0. The van der Waals surface area contributed by atoms with E-state index in [1.165, 1.54) is 26.2 Å². The molecule has 1 aliphatic heterocycles. The van der Waals surface area contributed by atoms with Crippen LogP contribution in [-0.4, -0.2) is 58.8 Å². The highest BCUT2D eigenvalue weighted by Crippen LogP contribution is 2.33. The number of hydrogen-bond acceptors (Lipinski definition) is 9. The van der Waals surface area contributed by atoms with Crippen LogP contribution in [0, 0.1) is 18.7 Å². The Morgan fingerprint density at radius 3 is 2.60 bits per heavy atom. The molecule has 0 spiro atoms. The molecule has 214 valence electrons. The van der Waals surface area contributed by atoms with Gasteiger partial charge in [0, 0.05) is 25.9 Å². The Morgan fingerprint density at radius 1 is 1.15 bits per heavy atom. The highest BCUT2D eigenvalue weighted by molar-refractivity contribution is 6.02. The molecule has 2 atom stereocenters. The van der Waals surface area contributed by atoms with Gasteiger partial charge in [-0.05, 0) is 69.2 Å². The van der Waals surface area contributed by atoms with Crippen molar-refractivity contribution in [3.8, 4) is 5.75 Å². The second-order valence-electron chi connectivity index (χ2n) is 10.1. The molecule has 1 unspecified atom stereocenters. The molecule has 0 radical (unpaired) electrons. The summed E-state index contributed by atoms with van der Waals surface area (Å²) in [5.74, 6) is -0.856. The number of nitrogens with zero attached hydrogens (tertiary/aromatic N) is 3. The summed E-state index contributed by atoms with van der Waals surface area (Å²) in [7, 11) is 1.38. The zero-order valence-corrected chi connectivity index (χ0v) is 23.0. The summed E-state index contributed by atoms with van der Waals surface area (Å²) in [6.45, 7) is 4.71. The first-order chi connectivity index (χ1) is 19.1. The lowest BCUT2D eigenvalue weighted by molar-refractivity contribution is -0.153. The fourth-order valence-electron chi connectivity index (χ4n) is 4.98. The van der Waals surface area contributed by atoms with Gasteiger partial charge in [-0.1, -0.05) is 11.2 Å².